The maximum atomic E-state index is 13.4. The first-order valence-corrected chi connectivity index (χ1v) is 7.80. The second-order valence-electron chi connectivity index (χ2n) is 5.76. The van der Waals surface area contributed by atoms with E-state index in [1.807, 2.05) is 0 Å². The predicted octanol–water partition coefficient (Wildman–Crippen LogP) is 3.02. The minimum atomic E-state index is -1.32. The van der Waals surface area contributed by atoms with Gasteiger partial charge in [0, 0.05) is 11.1 Å². The van der Waals surface area contributed by atoms with E-state index in [-0.39, 0.29) is 11.1 Å². The van der Waals surface area contributed by atoms with Gasteiger partial charge in [0.1, 0.15) is 17.3 Å². The molecule has 0 aliphatic carbocycles. The van der Waals surface area contributed by atoms with Crippen LogP contribution >= 0.6 is 0 Å². The standard InChI is InChI=1S/C19H20FNO5/c1-10-7-12(5-6-14(10)20)17(19(23)24)21-18(22)13-8-15(25-3)11(2)16(9-13)26-4/h5-9,17H,1-4H3,(H,21,22)(H,23,24). The second-order valence-corrected chi connectivity index (χ2v) is 5.76. The fourth-order valence-corrected chi connectivity index (χ4v) is 2.57. The molecule has 26 heavy (non-hydrogen) atoms. The van der Waals surface area contributed by atoms with E-state index in [2.05, 4.69) is 5.32 Å². The first kappa shape index (κ1) is 19.2. The molecule has 2 aromatic carbocycles. The molecule has 2 rings (SSSR count). The molecule has 0 heterocycles. The number of hydrogen-bond acceptors (Lipinski definition) is 4. The van der Waals surface area contributed by atoms with E-state index in [0.29, 0.717) is 17.1 Å². The molecule has 2 N–H and O–H groups in total. The molecule has 6 nitrogen and oxygen atoms in total. The summed E-state index contributed by atoms with van der Waals surface area (Å²) in [4.78, 5) is 24.2. The lowest BCUT2D eigenvalue weighted by Crippen LogP contribution is -2.33. The van der Waals surface area contributed by atoms with Crippen molar-refractivity contribution in [2.24, 2.45) is 0 Å². The number of ether oxygens (including phenoxy) is 2. The van der Waals surface area contributed by atoms with Crippen molar-refractivity contribution in [2.75, 3.05) is 14.2 Å². The number of aryl methyl sites for hydroxylation is 1. The Balaban J connectivity index is 2.36. The van der Waals surface area contributed by atoms with Crippen LogP contribution < -0.4 is 14.8 Å². The Morgan fingerprint density at radius 2 is 1.65 bits per heavy atom. The molecule has 0 saturated heterocycles. The quantitative estimate of drug-likeness (QED) is 0.826. The summed E-state index contributed by atoms with van der Waals surface area (Å²) < 4.78 is 23.9. The Morgan fingerprint density at radius 1 is 1.08 bits per heavy atom. The fourth-order valence-electron chi connectivity index (χ4n) is 2.57. The lowest BCUT2D eigenvalue weighted by atomic mass is 10.0. The van der Waals surface area contributed by atoms with Gasteiger partial charge in [-0.2, -0.15) is 0 Å². The highest BCUT2D eigenvalue weighted by molar-refractivity contribution is 5.97. The molecular weight excluding hydrogens is 341 g/mol. The topological polar surface area (TPSA) is 84.9 Å². The van der Waals surface area contributed by atoms with Crippen molar-refractivity contribution < 1.29 is 28.6 Å². The van der Waals surface area contributed by atoms with Crippen molar-refractivity contribution in [3.05, 3.63) is 58.4 Å². The van der Waals surface area contributed by atoms with Gasteiger partial charge in [0.25, 0.3) is 5.91 Å². The molecule has 0 radical (unpaired) electrons. The minimum absolute atomic E-state index is 0.189. The van der Waals surface area contributed by atoms with E-state index in [1.165, 1.54) is 51.5 Å². The largest absolute Gasteiger partial charge is 0.496 e. The number of carboxylic acids is 1. The zero-order valence-corrected chi connectivity index (χ0v) is 14.9. The van der Waals surface area contributed by atoms with Gasteiger partial charge in [-0.05, 0) is 43.2 Å². The fraction of sp³-hybridized carbons (Fsp3) is 0.263. The number of rotatable bonds is 6. The summed E-state index contributed by atoms with van der Waals surface area (Å²) in [5.74, 6) is -1.43. The molecule has 1 amide bonds. The van der Waals surface area contributed by atoms with Gasteiger partial charge in [0.2, 0.25) is 0 Å². The van der Waals surface area contributed by atoms with Crippen molar-refractivity contribution in [3.63, 3.8) is 0 Å². The molecule has 0 aromatic heterocycles. The summed E-state index contributed by atoms with van der Waals surface area (Å²) in [6.45, 7) is 3.30. The van der Waals surface area contributed by atoms with Crippen molar-refractivity contribution >= 4 is 11.9 Å². The molecule has 2 aromatic rings. The van der Waals surface area contributed by atoms with E-state index in [4.69, 9.17) is 9.47 Å². The molecule has 0 fully saturated rings. The first-order valence-electron chi connectivity index (χ1n) is 7.80. The van der Waals surface area contributed by atoms with Crippen LogP contribution in [-0.4, -0.2) is 31.2 Å². The third-order valence-corrected chi connectivity index (χ3v) is 4.05. The van der Waals surface area contributed by atoms with Crippen LogP contribution in [0.15, 0.2) is 30.3 Å². The van der Waals surface area contributed by atoms with Crippen molar-refractivity contribution in [3.8, 4) is 11.5 Å². The van der Waals surface area contributed by atoms with Gasteiger partial charge in [-0.3, -0.25) is 4.79 Å². The number of aliphatic carboxylic acids is 1. The third-order valence-electron chi connectivity index (χ3n) is 4.05. The van der Waals surface area contributed by atoms with Crippen LogP contribution in [0, 0.1) is 19.7 Å². The number of carboxylic acid groups (broad SMARTS) is 1. The highest BCUT2D eigenvalue weighted by Crippen LogP contribution is 2.29. The van der Waals surface area contributed by atoms with Gasteiger partial charge in [-0.15, -0.1) is 0 Å². The average Bonchev–Trinajstić information content (AvgIpc) is 2.61. The summed E-state index contributed by atoms with van der Waals surface area (Å²) in [6.07, 6.45) is 0. The Kier molecular flexibility index (Phi) is 5.82. The average molecular weight is 361 g/mol. The molecule has 0 aliphatic heterocycles. The van der Waals surface area contributed by atoms with Crippen LogP contribution in [0.1, 0.15) is 33.1 Å². The summed E-state index contributed by atoms with van der Waals surface area (Å²) in [5.41, 5.74) is 1.47. The van der Waals surface area contributed by atoms with Crippen LogP contribution in [0.3, 0.4) is 0 Å². The molecule has 138 valence electrons. The summed E-state index contributed by atoms with van der Waals surface area (Å²) in [6, 6.07) is 5.58. The lowest BCUT2D eigenvalue weighted by molar-refractivity contribution is -0.139. The van der Waals surface area contributed by atoms with Crippen molar-refractivity contribution in [1.82, 2.24) is 5.32 Å². The molecule has 0 saturated carbocycles. The van der Waals surface area contributed by atoms with Crippen LogP contribution in [0.25, 0.3) is 0 Å². The van der Waals surface area contributed by atoms with Crippen LogP contribution in [0.5, 0.6) is 11.5 Å². The lowest BCUT2D eigenvalue weighted by Gasteiger charge is -2.17. The molecule has 1 atom stereocenters. The van der Waals surface area contributed by atoms with Crippen LogP contribution in [-0.2, 0) is 4.79 Å². The van der Waals surface area contributed by atoms with Gasteiger partial charge < -0.3 is 19.9 Å². The summed E-state index contributed by atoms with van der Waals surface area (Å²) in [5, 5.41) is 11.9. The third kappa shape index (κ3) is 3.93. The van der Waals surface area contributed by atoms with E-state index >= 15 is 0 Å². The number of halogens is 1. The van der Waals surface area contributed by atoms with Gasteiger partial charge in [-0.1, -0.05) is 12.1 Å². The van der Waals surface area contributed by atoms with Gasteiger partial charge in [0.15, 0.2) is 6.04 Å². The molecular formula is C19H20FNO5. The van der Waals surface area contributed by atoms with Crippen molar-refractivity contribution in [2.45, 2.75) is 19.9 Å². The highest BCUT2D eigenvalue weighted by Gasteiger charge is 2.24. The SMILES string of the molecule is COc1cc(C(=O)NC(C(=O)O)c2ccc(F)c(C)c2)cc(OC)c1C. The minimum Gasteiger partial charge on any atom is -0.496 e. The Morgan fingerprint density at radius 3 is 2.12 bits per heavy atom. The van der Waals surface area contributed by atoms with E-state index < -0.39 is 23.7 Å². The molecule has 1 unspecified atom stereocenters. The normalized spacial score (nSPS) is 11.6. The Labute approximate surface area is 150 Å². The number of carbonyl (C=O) groups excluding carboxylic acids is 1. The Hall–Kier alpha value is -3.09. The van der Waals surface area contributed by atoms with E-state index in [0.717, 1.165) is 5.56 Å². The molecule has 0 aliphatic rings. The van der Waals surface area contributed by atoms with E-state index in [1.54, 1.807) is 6.92 Å². The number of hydrogen-bond donors (Lipinski definition) is 2. The van der Waals surface area contributed by atoms with Crippen molar-refractivity contribution in [1.29, 1.82) is 0 Å². The smallest absolute Gasteiger partial charge is 0.330 e. The number of carbonyl (C=O) groups is 2. The Bertz CT molecular complexity index is 825. The number of amides is 1. The first-order chi connectivity index (χ1) is 12.3. The maximum absolute atomic E-state index is 13.4. The van der Waals surface area contributed by atoms with Gasteiger partial charge in [-0.25, -0.2) is 9.18 Å². The monoisotopic (exact) mass is 361 g/mol. The van der Waals surface area contributed by atoms with Gasteiger partial charge >= 0.3 is 5.97 Å². The highest BCUT2D eigenvalue weighted by atomic mass is 19.1. The maximum Gasteiger partial charge on any atom is 0.330 e. The number of methoxy groups -OCH3 is 2. The predicted molar refractivity (Wildman–Crippen MR) is 93.3 cm³/mol. The van der Waals surface area contributed by atoms with Crippen LogP contribution in [0.2, 0.25) is 0 Å². The van der Waals surface area contributed by atoms with Crippen LogP contribution in [0.4, 0.5) is 4.39 Å². The number of benzene rings is 2. The zero-order valence-electron chi connectivity index (χ0n) is 14.9. The van der Waals surface area contributed by atoms with E-state index in [9.17, 15) is 19.1 Å². The molecule has 0 bridgehead atoms. The number of nitrogens with one attached hydrogen (secondary N) is 1. The summed E-state index contributed by atoms with van der Waals surface area (Å²) in [7, 11) is 2.93. The summed E-state index contributed by atoms with van der Waals surface area (Å²) >= 11 is 0. The zero-order chi connectivity index (χ0) is 19.4. The molecule has 0 spiro atoms. The van der Waals surface area contributed by atoms with Gasteiger partial charge in [0.05, 0.1) is 14.2 Å². The molecule has 7 heteroatoms. The second kappa shape index (κ2) is 7.86.